The molecule has 1 saturated carbocycles. The molecular weight excluding hydrogens is 228 g/mol. The molecule has 1 aliphatic rings. The Balaban J connectivity index is 2.31. The van der Waals surface area contributed by atoms with E-state index in [-0.39, 0.29) is 5.91 Å². The van der Waals surface area contributed by atoms with E-state index < -0.39 is 0 Å². The van der Waals surface area contributed by atoms with Crippen molar-refractivity contribution in [2.75, 3.05) is 18.8 Å². The van der Waals surface area contributed by atoms with E-state index in [1.165, 1.54) is 12.8 Å². The Morgan fingerprint density at radius 3 is 2.61 bits per heavy atom. The molecule has 1 aromatic heterocycles. The van der Waals surface area contributed by atoms with Crippen LogP contribution in [0.3, 0.4) is 0 Å². The summed E-state index contributed by atoms with van der Waals surface area (Å²) in [4.78, 5) is 14.2. The van der Waals surface area contributed by atoms with Crippen LogP contribution in [0.2, 0.25) is 0 Å². The molecule has 5 heteroatoms. The van der Waals surface area contributed by atoms with Crippen LogP contribution in [0.4, 0.5) is 5.69 Å². The lowest BCUT2D eigenvalue weighted by atomic mass is 10.2. The van der Waals surface area contributed by atoms with E-state index in [0.29, 0.717) is 30.5 Å². The summed E-state index contributed by atoms with van der Waals surface area (Å²) in [6.45, 7) is 5.36. The maximum atomic E-state index is 12.5. The predicted molar refractivity (Wildman–Crippen MR) is 71.4 cm³/mol. The van der Waals surface area contributed by atoms with Gasteiger partial charge in [0, 0.05) is 13.1 Å². The number of carbonyl (C=O) groups excluding carboxylic acids is 1. The van der Waals surface area contributed by atoms with Crippen molar-refractivity contribution in [2.24, 2.45) is 0 Å². The highest BCUT2D eigenvalue weighted by molar-refractivity contribution is 5.97. The average molecular weight is 250 g/mol. The number of amides is 1. The Morgan fingerprint density at radius 2 is 2.06 bits per heavy atom. The fourth-order valence-corrected chi connectivity index (χ4v) is 2.68. The second-order valence-corrected chi connectivity index (χ2v) is 4.81. The summed E-state index contributed by atoms with van der Waals surface area (Å²) in [5.74, 6) is 0.00176. The smallest absolute Gasteiger partial charge is 0.274 e. The standard InChI is InChI=1S/C13H22N4O/c1-3-16(4-2)13(18)12-11(14)9-15-17(12)10-7-5-6-8-10/h9-10H,3-8,14H2,1-2H3. The molecule has 0 saturated heterocycles. The van der Waals surface area contributed by atoms with E-state index in [4.69, 9.17) is 5.73 Å². The second kappa shape index (κ2) is 5.42. The lowest BCUT2D eigenvalue weighted by molar-refractivity contribution is 0.0758. The van der Waals surface area contributed by atoms with Gasteiger partial charge in [0.15, 0.2) is 0 Å². The Morgan fingerprint density at radius 1 is 1.44 bits per heavy atom. The summed E-state index contributed by atoms with van der Waals surface area (Å²) in [6, 6.07) is 0.344. The van der Waals surface area contributed by atoms with Gasteiger partial charge in [-0.25, -0.2) is 0 Å². The van der Waals surface area contributed by atoms with Crippen molar-refractivity contribution in [1.29, 1.82) is 0 Å². The average Bonchev–Trinajstić information content (AvgIpc) is 2.98. The lowest BCUT2D eigenvalue weighted by Crippen LogP contribution is -2.33. The molecule has 0 aromatic carbocycles. The third-order valence-corrected chi connectivity index (χ3v) is 3.75. The number of aromatic nitrogens is 2. The molecule has 1 aromatic rings. The predicted octanol–water partition coefficient (Wildman–Crippen LogP) is 2.06. The first-order valence-electron chi connectivity index (χ1n) is 6.81. The van der Waals surface area contributed by atoms with Crippen molar-refractivity contribution in [1.82, 2.24) is 14.7 Å². The zero-order valence-electron chi connectivity index (χ0n) is 11.2. The Hall–Kier alpha value is -1.52. The van der Waals surface area contributed by atoms with E-state index in [1.54, 1.807) is 11.1 Å². The van der Waals surface area contributed by atoms with Gasteiger partial charge < -0.3 is 10.6 Å². The van der Waals surface area contributed by atoms with Crippen LogP contribution in [-0.2, 0) is 0 Å². The van der Waals surface area contributed by atoms with Gasteiger partial charge in [-0.2, -0.15) is 5.10 Å². The molecule has 0 aliphatic heterocycles. The Labute approximate surface area is 108 Å². The molecule has 2 N–H and O–H groups in total. The topological polar surface area (TPSA) is 64.2 Å². The minimum Gasteiger partial charge on any atom is -0.396 e. The molecule has 2 rings (SSSR count). The highest BCUT2D eigenvalue weighted by Gasteiger charge is 2.26. The summed E-state index contributed by atoms with van der Waals surface area (Å²) >= 11 is 0. The number of rotatable bonds is 4. The summed E-state index contributed by atoms with van der Waals surface area (Å²) in [6.07, 6.45) is 6.22. The van der Waals surface area contributed by atoms with Gasteiger partial charge in [-0.15, -0.1) is 0 Å². The minimum absolute atomic E-state index is 0.00176. The van der Waals surface area contributed by atoms with Crippen LogP contribution in [0.5, 0.6) is 0 Å². The van der Waals surface area contributed by atoms with Gasteiger partial charge in [-0.3, -0.25) is 9.48 Å². The molecule has 18 heavy (non-hydrogen) atoms. The number of carbonyl (C=O) groups is 1. The van der Waals surface area contributed by atoms with Gasteiger partial charge in [0.1, 0.15) is 5.69 Å². The molecular formula is C13H22N4O. The van der Waals surface area contributed by atoms with Crippen molar-refractivity contribution >= 4 is 11.6 Å². The van der Waals surface area contributed by atoms with Crippen molar-refractivity contribution < 1.29 is 4.79 Å². The summed E-state index contributed by atoms with van der Waals surface area (Å²) in [5.41, 5.74) is 7.00. The molecule has 0 atom stereocenters. The van der Waals surface area contributed by atoms with E-state index in [9.17, 15) is 4.79 Å². The van der Waals surface area contributed by atoms with Gasteiger partial charge in [-0.05, 0) is 26.7 Å². The van der Waals surface area contributed by atoms with E-state index in [1.807, 2.05) is 18.5 Å². The number of nitrogen functional groups attached to an aromatic ring is 1. The second-order valence-electron chi connectivity index (χ2n) is 4.81. The van der Waals surface area contributed by atoms with Gasteiger partial charge in [0.25, 0.3) is 5.91 Å². The third-order valence-electron chi connectivity index (χ3n) is 3.75. The van der Waals surface area contributed by atoms with E-state index in [2.05, 4.69) is 5.10 Å². The molecule has 0 bridgehead atoms. The molecule has 0 radical (unpaired) electrons. The quantitative estimate of drug-likeness (QED) is 0.889. The minimum atomic E-state index is 0.00176. The van der Waals surface area contributed by atoms with Crippen LogP contribution < -0.4 is 5.73 Å². The van der Waals surface area contributed by atoms with Crippen molar-refractivity contribution in [3.8, 4) is 0 Å². The molecule has 5 nitrogen and oxygen atoms in total. The largest absolute Gasteiger partial charge is 0.396 e. The zero-order chi connectivity index (χ0) is 13.1. The number of hydrogen-bond acceptors (Lipinski definition) is 3. The van der Waals surface area contributed by atoms with E-state index in [0.717, 1.165) is 12.8 Å². The van der Waals surface area contributed by atoms with Crippen LogP contribution in [0.15, 0.2) is 6.20 Å². The number of nitrogens with two attached hydrogens (primary N) is 1. The zero-order valence-corrected chi connectivity index (χ0v) is 11.2. The first-order valence-corrected chi connectivity index (χ1v) is 6.81. The van der Waals surface area contributed by atoms with Gasteiger partial charge >= 0.3 is 0 Å². The van der Waals surface area contributed by atoms with Crippen LogP contribution in [0.1, 0.15) is 56.1 Å². The van der Waals surface area contributed by atoms with Crippen LogP contribution in [0.25, 0.3) is 0 Å². The van der Waals surface area contributed by atoms with Crippen molar-refractivity contribution in [3.63, 3.8) is 0 Å². The van der Waals surface area contributed by atoms with Gasteiger partial charge in [0.05, 0.1) is 17.9 Å². The first kappa shape index (κ1) is 12.9. The third kappa shape index (κ3) is 2.21. The van der Waals surface area contributed by atoms with Crippen molar-refractivity contribution in [2.45, 2.75) is 45.6 Å². The molecule has 1 heterocycles. The van der Waals surface area contributed by atoms with Crippen LogP contribution in [-0.4, -0.2) is 33.7 Å². The summed E-state index contributed by atoms with van der Waals surface area (Å²) in [5, 5.41) is 4.31. The van der Waals surface area contributed by atoms with Crippen LogP contribution in [0, 0.1) is 0 Å². The fourth-order valence-electron chi connectivity index (χ4n) is 2.68. The fraction of sp³-hybridized carbons (Fsp3) is 0.692. The summed E-state index contributed by atoms with van der Waals surface area (Å²) < 4.78 is 1.85. The molecule has 1 fully saturated rings. The molecule has 100 valence electrons. The summed E-state index contributed by atoms with van der Waals surface area (Å²) in [7, 11) is 0. The lowest BCUT2D eigenvalue weighted by Gasteiger charge is -2.21. The van der Waals surface area contributed by atoms with Gasteiger partial charge in [0.2, 0.25) is 0 Å². The molecule has 0 spiro atoms. The van der Waals surface area contributed by atoms with Gasteiger partial charge in [-0.1, -0.05) is 12.8 Å². The molecule has 1 amide bonds. The number of nitrogens with zero attached hydrogens (tertiary/aromatic N) is 3. The maximum absolute atomic E-state index is 12.5. The molecule has 1 aliphatic carbocycles. The SMILES string of the molecule is CCN(CC)C(=O)c1c(N)cnn1C1CCCC1. The highest BCUT2D eigenvalue weighted by atomic mass is 16.2. The van der Waals surface area contributed by atoms with E-state index >= 15 is 0 Å². The van der Waals surface area contributed by atoms with Crippen LogP contribution >= 0.6 is 0 Å². The normalized spacial score (nSPS) is 16.1. The Bertz CT molecular complexity index is 417. The first-order chi connectivity index (χ1) is 8.69. The number of anilines is 1. The van der Waals surface area contributed by atoms with Crippen molar-refractivity contribution in [3.05, 3.63) is 11.9 Å². The Kier molecular flexibility index (Phi) is 3.89. The molecule has 0 unspecified atom stereocenters. The maximum Gasteiger partial charge on any atom is 0.274 e. The number of hydrogen-bond donors (Lipinski definition) is 1. The highest BCUT2D eigenvalue weighted by Crippen LogP contribution is 2.31. The monoisotopic (exact) mass is 250 g/mol.